The molecular formula is C28H37Cl2NO4. The van der Waals surface area contributed by atoms with Gasteiger partial charge in [0.1, 0.15) is 23.0 Å². The van der Waals surface area contributed by atoms with E-state index in [4.69, 9.17) is 32.7 Å². The smallest absolute Gasteiger partial charge is 0.313 e. The number of rotatable bonds is 11. The van der Waals surface area contributed by atoms with Crippen molar-refractivity contribution in [2.24, 2.45) is 5.92 Å². The molecule has 35 heavy (non-hydrogen) atoms. The molecule has 3 rings (SSSR count). The second-order valence-electron chi connectivity index (χ2n) is 10.2. The maximum atomic E-state index is 12.1. The van der Waals surface area contributed by atoms with Crippen molar-refractivity contribution in [2.75, 3.05) is 13.2 Å². The van der Waals surface area contributed by atoms with Gasteiger partial charge < -0.3 is 19.9 Å². The van der Waals surface area contributed by atoms with Gasteiger partial charge in [-0.1, -0.05) is 53.5 Å². The van der Waals surface area contributed by atoms with Crippen molar-refractivity contribution in [1.29, 1.82) is 0 Å². The first-order valence-electron chi connectivity index (χ1n) is 12.3. The van der Waals surface area contributed by atoms with Crippen molar-refractivity contribution in [3.8, 4) is 5.75 Å². The van der Waals surface area contributed by atoms with E-state index in [1.54, 1.807) is 32.9 Å². The van der Waals surface area contributed by atoms with Gasteiger partial charge in [0.05, 0.1) is 17.5 Å². The number of carbonyl (C=O) groups excluding carboxylic acids is 1. The minimum Gasteiger partial charge on any atom is -0.486 e. The molecule has 5 nitrogen and oxygen atoms in total. The van der Waals surface area contributed by atoms with Gasteiger partial charge >= 0.3 is 5.97 Å². The monoisotopic (exact) mass is 521 g/mol. The number of ether oxygens (including phenoxy) is 2. The first-order chi connectivity index (χ1) is 16.5. The molecule has 0 spiro atoms. The van der Waals surface area contributed by atoms with Gasteiger partial charge in [-0.25, -0.2) is 0 Å². The number of esters is 1. The molecule has 0 aliphatic heterocycles. The van der Waals surface area contributed by atoms with Gasteiger partial charge in [-0.2, -0.15) is 0 Å². The van der Waals surface area contributed by atoms with Crippen LogP contribution >= 0.6 is 23.2 Å². The van der Waals surface area contributed by atoms with E-state index in [9.17, 15) is 9.90 Å². The molecule has 0 bridgehead atoms. The van der Waals surface area contributed by atoms with Crippen molar-refractivity contribution < 1.29 is 19.4 Å². The van der Waals surface area contributed by atoms with Gasteiger partial charge in [-0.3, -0.25) is 4.79 Å². The molecule has 2 N–H and O–H groups in total. The number of benzene rings is 2. The van der Waals surface area contributed by atoms with Gasteiger partial charge in [0.15, 0.2) is 0 Å². The van der Waals surface area contributed by atoms with Gasteiger partial charge in [-0.05, 0) is 82.6 Å². The zero-order chi connectivity index (χ0) is 25.8. The van der Waals surface area contributed by atoms with Gasteiger partial charge in [0, 0.05) is 12.1 Å². The summed E-state index contributed by atoms with van der Waals surface area (Å²) in [7, 11) is 0. The molecule has 3 atom stereocenters. The van der Waals surface area contributed by atoms with E-state index in [1.807, 2.05) is 0 Å². The lowest BCUT2D eigenvalue weighted by Crippen LogP contribution is -2.48. The van der Waals surface area contributed by atoms with E-state index in [-0.39, 0.29) is 21.6 Å². The topological polar surface area (TPSA) is 67.8 Å². The number of carbonyl (C=O) groups is 1. The molecule has 2 aromatic rings. The Labute approximate surface area is 219 Å². The Hall–Kier alpha value is -1.79. The zero-order valence-corrected chi connectivity index (χ0v) is 22.7. The Balaban J connectivity index is 1.54. The van der Waals surface area contributed by atoms with Gasteiger partial charge in [0.25, 0.3) is 0 Å². The van der Waals surface area contributed by atoms with Crippen LogP contribution in [0.5, 0.6) is 5.75 Å². The third kappa shape index (κ3) is 7.13. The standard InChI is InChI=1S/C28H37Cl2NO4/c1-6-34-27(33)17(2)22-11-12-24(26(30)25(22)29)35-18(3)23(32)16-31-28(4,5)15-19-13-20-9-7-8-10-21(20)14-19/h7-12,17-19,23,31-32H,6,13-16H2,1-5H3/t17?,18-,23+/m1/s1. The quantitative estimate of drug-likeness (QED) is 0.357. The largest absolute Gasteiger partial charge is 0.486 e. The van der Waals surface area contributed by atoms with Crippen LogP contribution in [0.1, 0.15) is 63.6 Å². The number of aliphatic hydroxyl groups excluding tert-OH is 1. The summed E-state index contributed by atoms with van der Waals surface area (Å²) < 4.78 is 11.0. The molecule has 0 amide bonds. The van der Waals surface area contributed by atoms with E-state index in [0.717, 1.165) is 19.3 Å². The maximum absolute atomic E-state index is 12.1. The highest BCUT2D eigenvalue weighted by atomic mass is 35.5. The van der Waals surface area contributed by atoms with E-state index < -0.39 is 18.1 Å². The van der Waals surface area contributed by atoms with Crippen LogP contribution in [0.3, 0.4) is 0 Å². The molecule has 0 saturated carbocycles. The summed E-state index contributed by atoms with van der Waals surface area (Å²) in [6, 6.07) is 12.1. The Morgan fingerprint density at radius 2 is 1.74 bits per heavy atom. The van der Waals surface area contributed by atoms with Crippen LogP contribution in [-0.4, -0.2) is 42.0 Å². The van der Waals surface area contributed by atoms with Crippen LogP contribution in [0.2, 0.25) is 10.0 Å². The second kappa shape index (κ2) is 12.0. The lowest BCUT2D eigenvalue weighted by molar-refractivity contribution is -0.144. The summed E-state index contributed by atoms with van der Waals surface area (Å²) in [6.07, 6.45) is 1.96. The van der Waals surface area contributed by atoms with Crippen LogP contribution in [0.25, 0.3) is 0 Å². The number of halogens is 2. The average molecular weight is 523 g/mol. The molecule has 0 fully saturated rings. The van der Waals surface area contributed by atoms with Gasteiger partial charge in [-0.15, -0.1) is 0 Å². The van der Waals surface area contributed by atoms with E-state index in [0.29, 0.717) is 30.4 Å². The molecule has 1 aliphatic carbocycles. The molecule has 192 valence electrons. The summed E-state index contributed by atoms with van der Waals surface area (Å²) in [5, 5.41) is 14.7. The Morgan fingerprint density at radius 3 is 2.34 bits per heavy atom. The maximum Gasteiger partial charge on any atom is 0.313 e. The van der Waals surface area contributed by atoms with Crippen molar-refractivity contribution in [1.82, 2.24) is 5.32 Å². The predicted octanol–water partition coefficient (Wildman–Crippen LogP) is 5.96. The first-order valence-corrected chi connectivity index (χ1v) is 13.1. The Bertz CT molecular complexity index is 1000. The van der Waals surface area contributed by atoms with E-state index in [2.05, 4.69) is 43.4 Å². The van der Waals surface area contributed by atoms with Crippen molar-refractivity contribution in [2.45, 2.75) is 77.5 Å². The number of aliphatic hydroxyl groups is 1. The predicted molar refractivity (Wildman–Crippen MR) is 142 cm³/mol. The number of β-amino-alcohol motifs (C(OH)–C–C–N with tert-alkyl or cyclic N) is 1. The normalized spacial score (nSPS) is 16.5. The number of hydrogen-bond donors (Lipinski definition) is 2. The molecule has 7 heteroatoms. The third-order valence-corrected chi connectivity index (χ3v) is 7.64. The fourth-order valence-corrected chi connectivity index (χ4v) is 5.32. The molecule has 2 aromatic carbocycles. The van der Waals surface area contributed by atoms with Crippen molar-refractivity contribution in [3.63, 3.8) is 0 Å². The number of fused-ring (bicyclic) bond motifs is 1. The molecule has 1 unspecified atom stereocenters. The first kappa shape index (κ1) is 27.8. The van der Waals surface area contributed by atoms with Crippen molar-refractivity contribution in [3.05, 3.63) is 63.1 Å². The molecule has 0 heterocycles. The number of hydrogen-bond acceptors (Lipinski definition) is 5. The van der Waals surface area contributed by atoms with Crippen LogP contribution in [0.15, 0.2) is 36.4 Å². The summed E-state index contributed by atoms with van der Waals surface area (Å²) in [5.41, 5.74) is 3.36. The average Bonchev–Trinajstić information content (AvgIpc) is 3.21. The van der Waals surface area contributed by atoms with Crippen LogP contribution in [0.4, 0.5) is 0 Å². The van der Waals surface area contributed by atoms with Gasteiger partial charge in [0.2, 0.25) is 0 Å². The highest BCUT2D eigenvalue weighted by Crippen LogP contribution is 2.39. The SMILES string of the molecule is CCOC(=O)C(C)c1ccc(O[C@H](C)[C@@H](O)CNC(C)(C)CC2Cc3ccccc3C2)c(Cl)c1Cl. The summed E-state index contributed by atoms with van der Waals surface area (Å²) in [4.78, 5) is 12.1. The summed E-state index contributed by atoms with van der Waals surface area (Å²) >= 11 is 12.9. The van der Waals surface area contributed by atoms with Crippen LogP contribution in [-0.2, 0) is 22.4 Å². The highest BCUT2D eigenvalue weighted by Gasteiger charge is 2.29. The highest BCUT2D eigenvalue weighted by molar-refractivity contribution is 6.43. The lowest BCUT2D eigenvalue weighted by Gasteiger charge is -2.32. The lowest BCUT2D eigenvalue weighted by atomic mass is 9.88. The minimum atomic E-state index is -0.747. The van der Waals surface area contributed by atoms with E-state index in [1.165, 1.54) is 11.1 Å². The summed E-state index contributed by atoms with van der Waals surface area (Å²) in [5.74, 6) is 0.0531. The fraction of sp³-hybridized carbons (Fsp3) is 0.536. The third-order valence-electron chi connectivity index (χ3n) is 6.76. The number of nitrogens with one attached hydrogen (secondary N) is 1. The molecule has 0 saturated heterocycles. The molecule has 0 radical (unpaired) electrons. The van der Waals surface area contributed by atoms with Crippen molar-refractivity contribution >= 4 is 29.2 Å². The van der Waals surface area contributed by atoms with Crippen LogP contribution in [0, 0.1) is 5.92 Å². The minimum absolute atomic E-state index is 0.126. The fourth-order valence-electron chi connectivity index (χ4n) is 4.78. The van der Waals surface area contributed by atoms with Crippen LogP contribution < -0.4 is 10.1 Å². The molecular weight excluding hydrogens is 485 g/mol. The second-order valence-corrected chi connectivity index (χ2v) is 10.9. The Morgan fingerprint density at radius 1 is 1.11 bits per heavy atom. The molecule has 0 aromatic heterocycles. The Kier molecular flexibility index (Phi) is 9.50. The zero-order valence-electron chi connectivity index (χ0n) is 21.2. The van der Waals surface area contributed by atoms with E-state index >= 15 is 0 Å². The summed E-state index contributed by atoms with van der Waals surface area (Å²) in [6.45, 7) is 10.3. The molecule has 1 aliphatic rings.